The lowest BCUT2D eigenvalue weighted by Crippen LogP contribution is -2.54. The number of hydrogen-bond acceptors (Lipinski definition) is 12. The van der Waals surface area contributed by atoms with Gasteiger partial charge in [-0.2, -0.15) is 10.2 Å². The molecule has 1 aliphatic carbocycles. The first kappa shape index (κ1) is 43.9. The quantitative estimate of drug-likeness (QED) is 0.0649. The molecule has 3 aromatic carbocycles. The molecule has 0 spiro atoms. The van der Waals surface area contributed by atoms with Crippen molar-refractivity contribution in [1.82, 2.24) is 35.7 Å². The van der Waals surface area contributed by atoms with Crippen molar-refractivity contribution < 1.29 is 23.9 Å². The Balaban J connectivity index is 0.692. The molecule has 0 bridgehead atoms. The molecule has 5 N–H and O–H groups in total. The molecule has 0 radical (unpaired) electrons. The van der Waals surface area contributed by atoms with E-state index in [2.05, 4.69) is 59.4 Å². The summed E-state index contributed by atoms with van der Waals surface area (Å²) in [5.74, 6) is 6.15. The minimum atomic E-state index is -0.653. The van der Waals surface area contributed by atoms with E-state index in [1.54, 1.807) is 35.2 Å². The van der Waals surface area contributed by atoms with Gasteiger partial charge in [0.05, 0.1) is 30.7 Å². The summed E-state index contributed by atoms with van der Waals surface area (Å²) in [6.07, 6.45) is 6.42. The molecule has 3 aliphatic heterocycles. The molecule has 8 rings (SSSR count). The molecule has 64 heavy (non-hydrogen) atoms. The van der Waals surface area contributed by atoms with Gasteiger partial charge in [-0.3, -0.25) is 19.7 Å². The number of imide groups is 1. The number of para-hydroxylation sites is 1. The number of hydrogen-bond donors (Lipinski definition) is 5. The smallest absolute Gasteiger partial charge is 0.317 e. The molecule has 1 aromatic heterocycles. The molecule has 4 heterocycles. The van der Waals surface area contributed by atoms with Gasteiger partial charge in [-0.25, -0.2) is 9.78 Å². The van der Waals surface area contributed by atoms with Crippen LogP contribution in [0.4, 0.5) is 33.6 Å². The van der Waals surface area contributed by atoms with Crippen LogP contribution in [0.25, 0.3) is 0 Å². The van der Waals surface area contributed by atoms with Crippen LogP contribution in [0.15, 0.2) is 72.9 Å². The number of nitrogens with one attached hydrogen (secondary N) is 5. The van der Waals surface area contributed by atoms with Gasteiger partial charge >= 0.3 is 6.03 Å². The van der Waals surface area contributed by atoms with E-state index in [0.717, 1.165) is 67.8 Å². The number of piperidine rings is 1. The molecule has 1 unspecified atom stereocenters. The van der Waals surface area contributed by atoms with Gasteiger partial charge in [0.2, 0.25) is 17.8 Å². The summed E-state index contributed by atoms with van der Waals surface area (Å²) < 4.78 is 5.84. The fourth-order valence-electron chi connectivity index (χ4n) is 8.51. The predicted octanol–water partition coefficient (Wildman–Crippen LogP) is 5.44. The lowest BCUT2D eigenvalue weighted by Gasteiger charge is -2.37. The van der Waals surface area contributed by atoms with Crippen LogP contribution in [-0.2, 0) is 20.9 Å². The fraction of sp³-hybridized carbons (Fsp3) is 0.383. The minimum Gasteiger partial charge on any atom is -0.379 e. The van der Waals surface area contributed by atoms with Crippen LogP contribution < -0.4 is 31.5 Å². The third-order valence-electron chi connectivity index (χ3n) is 12.0. The molecule has 1 saturated carbocycles. The Morgan fingerprint density at radius 3 is 2.44 bits per heavy atom. The second-order valence-electron chi connectivity index (χ2n) is 16.2. The zero-order valence-corrected chi connectivity index (χ0v) is 36.1. The van der Waals surface area contributed by atoms with Crippen molar-refractivity contribution in [2.45, 2.75) is 69.6 Å². The van der Waals surface area contributed by atoms with Crippen molar-refractivity contribution in [3.05, 3.63) is 100 Å². The molecule has 4 aromatic rings. The first-order valence-electron chi connectivity index (χ1n) is 21.7. The van der Waals surface area contributed by atoms with E-state index in [-0.39, 0.29) is 30.3 Å². The Bertz CT molecular complexity index is 2470. The summed E-state index contributed by atoms with van der Waals surface area (Å²) in [5, 5.41) is 25.3. The van der Waals surface area contributed by atoms with Gasteiger partial charge < -0.3 is 40.7 Å². The number of piperazine rings is 1. The number of ether oxygens (including phenoxy) is 1. The van der Waals surface area contributed by atoms with E-state index < -0.39 is 11.9 Å². The van der Waals surface area contributed by atoms with E-state index in [4.69, 9.17) is 16.3 Å². The first-order chi connectivity index (χ1) is 31.2. The normalized spacial score (nSPS) is 19.5. The first-order valence-corrected chi connectivity index (χ1v) is 22.1. The van der Waals surface area contributed by atoms with Gasteiger partial charge in [0.15, 0.2) is 5.82 Å². The van der Waals surface area contributed by atoms with E-state index in [0.29, 0.717) is 85.3 Å². The van der Waals surface area contributed by atoms with E-state index in [1.165, 1.54) is 6.20 Å². The average molecular weight is 884 g/mol. The van der Waals surface area contributed by atoms with Gasteiger partial charge in [0.25, 0.3) is 5.91 Å². The summed E-state index contributed by atoms with van der Waals surface area (Å²) >= 11 is 6.35. The number of aromatic nitrogens is 2. The summed E-state index contributed by atoms with van der Waals surface area (Å²) in [6.45, 7) is 4.83. The number of carbonyl (C=O) groups is 4. The van der Waals surface area contributed by atoms with Crippen LogP contribution in [0.2, 0.25) is 5.02 Å². The van der Waals surface area contributed by atoms with E-state index in [9.17, 15) is 24.4 Å². The van der Waals surface area contributed by atoms with Crippen LogP contribution in [0, 0.1) is 23.2 Å². The number of urea groups is 1. The molecule has 17 heteroatoms. The largest absolute Gasteiger partial charge is 0.379 e. The number of anilines is 5. The highest BCUT2D eigenvalue weighted by molar-refractivity contribution is 6.33. The number of nitriles is 1. The monoisotopic (exact) mass is 883 g/mol. The summed E-state index contributed by atoms with van der Waals surface area (Å²) in [4.78, 5) is 64.8. The van der Waals surface area contributed by atoms with Crippen LogP contribution in [0.5, 0.6) is 0 Å². The number of halogens is 1. The average Bonchev–Trinajstić information content (AvgIpc) is 3.65. The van der Waals surface area contributed by atoms with Crippen LogP contribution in [-0.4, -0.2) is 108 Å². The highest BCUT2D eigenvalue weighted by Gasteiger charge is 2.39. The SMILES string of the molecule is N#Cc1ccccc1Nc1nc(Nc2ccc(N3CCN(C(=O)N[C@H]4CC[C@@H](NCCOCCC#Cc5cccc6c5CN(C5CCC(=O)NC5=O)C6=O)CC4)CC3)cc2)ncc1Cl. The van der Waals surface area contributed by atoms with Crippen molar-refractivity contribution in [1.29, 1.82) is 5.26 Å². The summed E-state index contributed by atoms with van der Waals surface area (Å²) in [6, 6.07) is 22.6. The Labute approximate surface area is 377 Å². The second-order valence-corrected chi connectivity index (χ2v) is 16.6. The van der Waals surface area contributed by atoms with Gasteiger partial charge in [-0.05, 0) is 86.2 Å². The molecule has 3 fully saturated rings. The maximum atomic E-state index is 13.2. The standard InChI is InChI=1S/C47H50ClN11O5/c48-39-29-51-46(56-43(39)54-40-10-2-1-7-32(40)28-49)52-34-15-17-36(18-16-34)57-22-24-58(25-23-57)47(63)53-35-13-11-33(12-14-35)50-21-27-64-26-4-3-6-31-8-5-9-37-38(31)30-59(45(37)62)41-19-20-42(60)55-44(41)61/h1-2,5,7-10,15-18,29,33,35,41,50H,4,11-14,19-27,30H2,(H,53,63)(H,55,60,61)(H2,51,52,54,56)/t33-,35+,41?. The number of benzene rings is 3. The van der Waals surface area contributed by atoms with Crippen molar-refractivity contribution in [3.8, 4) is 17.9 Å². The molecule has 5 amide bonds. The highest BCUT2D eigenvalue weighted by Crippen LogP contribution is 2.30. The molecule has 4 aliphatic rings. The molecular formula is C47H50ClN11O5. The topological polar surface area (TPSA) is 197 Å². The molecule has 330 valence electrons. The second kappa shape index (κ2) is 20.6. The molecule has 2 saturated heterocycles. The lowest BCUT2D eigenvalue weighted by atomic mass is 9.91. The molecule has 16 nitrogen and oxygen atoms in total. The number of amides is 5. The fourth-order valence-corrected chi connectivity index (χ4v) is 8.65. The third-order valence-corrected chi connectivity index (χ3v) is 12.3. The minimum absolute atomic E-state index is 0.000575. The summed E-state index contributed by atoms with van der Waals surface area (Å²) in [7, 11) is 0. The van der Waals surface area contributed by atoms with Crippen LogP contribution >= 0.6 is 11.6 Å². The van der Waals surface area contributed by atoms with Crippen LogP contribution in [0.3, 0.4) is 0 Å². The van der Waals surface area contributed by atoms with E-state index >= 15 is 0 Å². The van der Waals surface area contributed by atoms with Gasteiger partial charge in [0.1, 0.15) is 17.1 Å². The Hall–Kier alpha value is -6.72. The van der Waals surface area contributed by atoms with Crippen molar-refractivity contribution in [2.75, 3.05) is 61.5 Å². The zero-order valence-electron chi connectivity index (χ0n) is 35.4. The van der Waals surface area contributed by atoms with Gasteiger partial charge in [-0.1, -0.05) is 41.6 Å². The molecular weight excluding hydrogens is 834 g/mol. The summed E-state index contributed by atoms with van der Waals surface area (Å²) in [5.41, 5.74) is 5.09. The van der Waals surface area contributed by atoms with Crippen molar-refractivity contribution in [3.63, 3.8) is 0 Å². The third kappa shape index (κ3) is 10.7. The van der Waals surface area contributed by atoms with Crippen molar-refractivity contribution in [2.24, 2.45) is 0 Å². The van der Waals surface area contributed by atoms with Gasteiger partial charge in [0, 0.05) is 86.7 Å². The van der Waals surface area contributed by atoms with E-state index in [1.807, 2.05) is 41.3 Å². The zero-order chi connectivity index (χ0) is 44.4. The number of rotatable bonds is 13. The number of carbonyl (C=O) groups excluding carboxylic acids is 4. The molecule has 1 atom stereocenters. The maximum absolute atomic E-state index is 13.2. The number of nitrogens with zero attached hydrogens (tertiary/aromatic N) is 6. The maximum Gasteiger partial charge on any atom is 0.317 e. The van der Waals surface area contributed by atoms with Crippen LogP contribution in [0.1, 0.15) is 72.0 Å². The van der Waals surface area contributed by atoms with Crippen molar-refractivity contribution >= 4 is 64.2 Å². The predicted molar refractivity (Wildman–Crippen MR) is 242 cm³/mol. The Morgan fingerprint density at radius 1 is 0.891 bits per heavy atom. The Kier molecular flexibility index (Phi) is 14.2. The lowest BCUT2D eigenvalue weighted by molar-refractivity contribution is -0.136. The Morgan fingerprint density at radius 2 is 1.66 bits per heavy atom. The van der Waals surface area contributed by atoms with Gasteiger partial charge in [-0.15, -0.1) is 0 Å². The number of fused-ring (bicyclic) bond motifs is 1. The highest BCUT2D eigenvalue weighted by atomic mass is 35.5.